The number of benzene rings is 1. The van der Waals surface area contributed by atoms with Gasteiger partial charge in [-0.15, -0.1) is 0 Å². The lowest BCUT2D eigenvalue weighted by Gasteiger charge is -2.19. The van der Waals surface area contributed by atoms with Gasteiger partial charge in [0.15, 0.2) is 5.65 Å². The van der Waals surface area contributed by atoms with Crippen LogP contribution >= 0.6 is 0 Å². The van der Waals surface area contributed by atoms with Crippen LogP contribution in [0.1, 0.15) is 44.9 Å². The minimum atomic E-state index is 0.191. The zero-order chi connectivity index (χ0) is 24.1. The predicted molar refractivity (Wildman–Crippen MR) is 136 cm³/mol. The third kappa shape index (κ3) is 5.16. The Hall–Kier alpha value is -3.54. The molecule has 0 N–H and O–H groups in total. The van der Waals surface area contributed by atoms with E-state index < -0.39 is 0 Å². The monoisotopic (exact) mass is 455 g/mol. The summed E-state index contributed by atoms with van der Waals surface area (Å²) in [6.45, 7) is 7.07. The normalized spacial score (nSPS) is 12.1. The van der Waals surface area contributed by atoms with Crippen LogP contribution < -0.4 is 0 Å². The second-order valence-corrected chi connectivity index (χ2v) is 8.96. The first-order chi connectivity index (χ1) is 16.5. The van der Waals surface area contributed by atoms with E-state index in [-0.39, 0.29) is 5.91 Å². The number of aryl methyl sites for hydroxylation is 1. The van der Waals surface area contributed by atoms with Crippen molar-refractivity contribution < 1.29 is 4.79 Å². The second kappa shape index (κ2) is 10.6. The highest BCUT2D eigenvalue weighted by Crippen LogP contribution is 2.27. The average molecular weight is 456 g/mol. The van der Waals surface area contributed by atoms with E-state index in [4.69, 9.17) is 4.98 Å². The molecule has 1 atom stereocenters. The maximum absolute atomic E-state index is 11.9. The number of fused-ring (bicyclic) bond motifs is 1. The number of pyridine rings is 1. The first-order valence-corrected chi connectivity index (χ1v) is 12.1. The summed E-state index contributed by atoms with van der Waals surface area (Å²) in [6, 6.07) is 14.3. The standard InChI is InChI=1S/C28H33N5O/c1-5-21-19-33-28(31-26(21)16-20(3)14-15-32(4)27(34)6-2)24(18-30-33)23-12-13-25(29-17-23)22-10-8-7-9-11-22/h7-13,17-20H,5-6,14-16H2,1-4H3. The van der Waals surface area contributed by atoms with E-state index in [1.165, 1.54) is 5.56 Å². The Kier molecular flexibility index (Phi) is 7.36. The van der Waals surface area contributed by atoms with E-state index in [0.29, 0.717) is 12.3 Å². The quantitative estimate of drug-likeness (QED) is 0.336. The van der Waals surface area contributed by atoms with Crippen molar-refractivity contribution in [2.75, 3.05) is 13.6 Å². The molecule has 0 aliphatic heterocycles. The molecular formula is C28H33N5O. The third-order valence-electron chi connectivity index (χ3n) is 6.41. The molecule has 1 unspecified atom stereocenters. The highest BCUT2D eigenvalue weighted by molar-refractivity contribution is 5.77. The van der Waals surface area contributed by atoms with Gasteiger partial charge < -0.3 is 4.90 Å². The van der Waals surface area contributed by atoms with Gasteiger partial charge >= 0.3 is 0 Å². The molecule has 3 aromatic heterocycles. The molecule has 1 amide bonds. The Morgan fingerprint density at radius 3 is 2.53 bits per heavy atom. The van der Waals surface area contributed by atoms with Crippen molar-refractivity contribution in [1.29, 1.82) is 0 Å². The number of carbonyl (C=O) groups is 1. The molecule has 4 aromatic rings. The average Bonchev–Trinajstić information content (AvgIpc) is 3.29. The van der Waals surface area contributed by atoms with Crippen LogP contribution in [0.15, 0.2) is 61.1 Å². The first-order valence-electron chi connectivity index (χ1n) is 12.1. The van der Waals surface area contributed by atoms with E-state index >= 15 is 0 Å². The van der Waals surface area contributed by atoms with Gasteiger partial charge in [-0.25, -0.2) is 9.50 Å². The van der Waals surface area contributed by atoms with Crippen LogP contribution in [0.5, 0.6) is 0 Å². The van der Waals surface area contributed by atoms with Gasteiger partial charge in [0.2, 0.25) is 5.91 Å². The summed E-state index contributed by atoms with van der Waals surface area (Å²) in [5, 5.41) is 4.58. The Balaban J connectivity index is 1.57. The van der Waals surface area contributed by atoms with E-state index in [0.717, 1.165) is 59.5 Å². The van der Waals surface area contributed by atoms with Crippen molar-refractivity contribution in [2.45, 2.75) is 46.5 Å². The zero-order valence-electron chi connectivity index (χ0n) is 20.5. The van der Waals surface area contributed by atoms with E-state index in [1.807, 2.05) is 60.0 Å². The minimum Gasteiger partial charge on any atom is -0.346 e. The summed E-state index contributed by atoms with van der Waals surface area (Å²) in [5.41, 5.74) is 7.21. The van der Waals surface area contributed by atoms with Crippen molar-refractivity contribution in [3.05, 3.63) is 72.3 Å². The lowest BCUT2D eigenvalue weighted by Crippen LogP contribution is -2.28. The van der Waals surface area contributed by atoms with E-state index in [9.17, 15) is 4.79 Å². The number of carbonyl (C=O) groups excluding carboxylic acids is 1. The Labute approximate surface area is 201 Å². The summed E-state index contributed by atoms with van der Waals surface area (Å²) in [6.07, 6.45) is 9.17. The van der Waals surface area contributed by atoms with Gasteiger partial charge in [-0.1, -0.05) is 57.2 Å². The largest absolute Gasteiger partial charge is 0.346 e. The van der Waals surface area contributed by atoms with Crippen LogP contribution in [0.25, 0.3) is 28.0 Å². The highest BCUT2D eigenvalue weighted by Gasteiger charge is 2.16. The number of nitrogens with zero attached hydrogens (tertiary/aromatic N) is 5. The molecule has 6 heteroatoms. The number of hydrogen-bond acceptors (Lipinski definition) is 4. The molecule has 6 nitrogen and oxygen atoms in total. The van der Waals surface area contributed by atoms with E-state index in [1.54, 1.807) is 0 Å². The van der Waals surface area contributed by atoms with Gasteiger partial charge in [0, 0.05) is 54.8 Å². The maximum Gasteiger partial charge on any atom is 0.222 e. The predicted octanol–water partition coefficient (Wildman–Crippen LogP) is 5.46. The third-order valence-corrected chi connectivity index (χ3v) is 6.41. The first kappa shape index (κ1) is 23.6. The van der Waals surface area contributed by atoms with Gasteiger partial charge in [-0.05, 0) is 36.8 Å². The van der Waals surface area contributed by atoms with Crippen LogP contribution in [0.2, 0.25) is 0 Å². The molecule has 3 heterocycles. The number of amides is 1. The van der Waals surface area contributed by atoms with Crippen LogP contribution in [0.3, 0.4) is 0 Å². The Morgan fingerprint density at radius 2 is 1.85 bits per heavy atom. The summed E-state index contributed by atoms with van der Waals surface area (Å²) >= 11 is 0. The Morgan fingerprint density at radius 1 is 1.06 bits per heavy atom. The fourth-order valence-electron chi connectivity index (χ4n) is 4.23. The smallest absolute Gasteiger partial charge is 0.222 e. The lowest BCUT2D eigenvalue weighted by molar-refractivity contribution is -0.129. The fourth-order valence-corrected chi connectivity index (χ4v) is 4.23. The summed E-state index contributed by atoms with van der Waals surface area (Å²) < 4.78 is 1.88. The second-order valence-electron chi connectivity index (χ2n) is 8.96. The molecule has 0 spiro atoms. The molecule has 176 valence electrons. The molecule has 0 saturated heterocycles. The molecule has 4 rings (SSSR count). The SMILES string of the molecule is CCC(=O)N(C)CCC(C)Cc1nc2c(-c3ccc(-c4ccccc4)nc3)cnn2cc1CC. The van der Waals surface area contributed by atoms with Crippen LogP contribution in [0.4, 0.5) is 0 Å². The summed E-state index contributed by atoms with van der Waals surface area (Å²) in [7, 11) is 1.88. The van der Waals surface area contributed by atoms with Crippen molar-refractivity contribution in [2.24, 2.45) is 5.92 Å². The van der Waals surface area contributed by atoms with Gasteiger partial charge in [-0.3, -0.25) is 9.78 Å². The van der Waals surface area contributed by atoms with Gasteiger partial charge in [-0.2, -0.15) is 5.10 Å². The molecule has 0 radical (unpaired) electrons. The number of rotatable bonds is 9. The topological polar surface area (TPSA) is 63.4 Å². The minimum absolute atomic E-state index is 0.191. The highest BCUT2D eigenvalue weighted by atomic mass is 16.2. The fraction of sp³-hybridized carbons (Fsp3) is 0.357. The van der Waals surface area contributed by atoms with E-state index in [2.05, 4.69) is 48.3 Å². The lowest BCUT2D eigenvalue weighted by atomic mass is 9.98. The maximum atomic E-state index is 11.9. The summed E-state index contributed by atoms with van der Waals surface area (Å²) in [5.74, 6) is 0.613. The molecule has 0 bridgehead atoms. The Bertz CT molecular complexity index is 1250. The van der Waals surface area contributed by atoms with Crippen molar-refractivity contribution in [3.63, 3.8) is 0 Å². The number of aromatic nitrogens is 4. The van der Waals surface area contributed by atoms with Crippen molar-refractivity contribution in [3.8, 4) is 22.4 Å². The zero-order valence-corrected chi connectivity index (χ0v) is 20.5. The molecule has 1 aromatic carbocycles. The summed E-state index contributed by atoms with van der Waals surface area (Å²) in [4.78, 5) is 23.5. The van der Waals surface area contributed by atoms with Gasteiger partial charge in [0.05, 0.1) is 11.9 Å². The van der Waals surface area contributed by atoms with Crippen LogP contribution in [0, 0.1) is 5.92 Å². The van der Waals surface area contributed by atoms with Crippen molar-refractivity contribution in [1.82, 2.24) is 24.5 Å². The van der Waals surface area contributed by atoms with Crippen LogP contribution in [-0.4, -0.2) is 44.0 Å². The molecule has 0 saturated carbocycles. The molecule has 0 aliphatic carbocycles. The molecule has 0 fully saturated rings. The number of hydrogen-bond donors (Lipinski definition) is 0. The molecular weight excluding hydrogens is 422 g/mol. The van der Waals surface area contributed by atoms with Gasteiger partial charge in [0.1, 0.15) is 0 Å². The molecule has 0 aliphatic rings. The van der Waals surface area contributed by atoms with Crippen LogP contribution in [-0.2, 0) is 17.6 Å². The van der Waals surface area contributed by atoms with Gasteiger partial charge in [0.25, 0.3) is 0 Å². The van der Waals surface area contributed by atoms with Crippen molar-refractivity contribution >= 4 is 11.6 Å². The molecule has 34 heavy (non-hydrogen) atoms.